The van der Waals surface area contributed by atoms with Crippen molar-refractivity contribution < 1.29 is 5.11 Å². The molecule has 3 nitrogen and oxygen atoms in total. The maximum absolute atomic E-state index is 10.7. The monoisotopic (exact) mass is 292 g/mol. The zero-order valence-electron chi connectivity index (χ0n) is 12.9. The van der Waals surface area contributed by atoms with Crippen LogP contribution in [0.3, 0.4) is 0 Å². The molecule has 0 bridgehead atoms. The van der Waals surface area contributed by atoms with E-state index in [-0.39, 0.29) is 5.75 Å². The summed E-state index contributed by atoms with van der Waals surface area (Å²) < 4.78 is 1.86. The summed E-state index contributed by atoms with van der Waals surface area (Å²) in [7, 11) is 0. The molecule has 1 aromatic heterocycles. The highest BCUT2D eigenvalue weighted by Gasteiger charge is 2.20. The molecule has 22 heavy (non-hydrogen) atoms. The van der Waals surface area contributed by atoms with Gasteiger partial charge in [0.25, 0.3) is 0 Å². The second kappa shape index (κ2) is 6.06. The lowest BCUT2D eigenvalue weighted by atomic mass is 10.1. The Labute approximate surface area is 130 Å². The van der Waals surface area contributed by atoms with E-state index in [1.165, 1.54) is 0 Å². The van der Waals surface area contributed by atoms with Crippen LogP contribution >= 0.6 is 0 Å². The number of para-hydroxylation sites is 1. The van der Waals surface area contributed by atoms with E-state index in [0.717, 1.165) is 23.4 Å². The van der Waals surface area contributed by atoms with E-state index in [0.29, 0.717) is 11.6 Å². The third kappa shape index (κ3) is 2.75. The fourth-order valence-electron chi connectivity index (χ4n) is 2.59. The van der Waals surface area contributed by atoms with Crippen molar-refractivity contribution in [2.75, 3.05) is 0 Å². The summed E-state index contributed by atoms with van der Waals surface area (Å²) in [5.74, 6) is 0.720. The number of nitrogens with zero attached hydrogens (tertiary/aromatic N) is 2. The van der Waals surface area contributed by atoms with Crippen LogP contribution in [0, 0.1) is 5.92 Å². The molecule has 3 aromatic rings. The number of aromatic hydroxyl groups is 1. The van der Waals surface area contributed by atoms with Gasteiger partial charge in [0.15, 0.2) is 5.75 Å². The molecule has 0 spiro atoms. The van der Waals surface area contributed by atoms with Crippen LogP contribution in [0.15, 0.2) is 60.7 Å². The summed E-state index contributed by atoms with van der Waals surface area (Å²) >= 11 is 0. The van der Waals surface area contributed by atoms with Crippen LogP contribution in [0.4, 0.5) is 0 Å². The average Bonchev–Trinajstić information content (AvgIpc) is 2.86. The van der Waals surface area contributed by atoms with E-state index in [1.54, 1.807) is 0 Å². The molecule has 0 atom stereocenters. The Balaban J connectivity index is 2.16. The molecule has 1 heterocycles. The molecule has 0 saturated heterocycles. The first-order valence-corrected chi connectivity index (χ1v) is 7.58. The summed E-state index contributed by atoms with van der Waals surface area (Å²) in [6.07, 6.45) is 0.778. The standard InChI is InChI=1S/C19H20N2O/c1-14(2)13-17-19(22)18(15-9-5-3-6-10-15)20-21(17)16-11-7-4-8-12-16/h3-12,14,22H,13H2,1-2H3. The minimum atomic E-state index is 0.281. The van der Waals surface area contributed by atoms with Crippen molar-refractivity contribution in [1.82, 2.24) is 9.78 Å². The number of rotatable bonds is 4. The molecule has 0 fully saturated rings. The Morgan fingerprint density at radius 1 is 0.955 bits per heavy atom. The predicted octanol–water partition coefficient (Wildman–Crippen LogP) is 4.44. The number of hydrogen-bond acceptors (Lipinski definition) is 2. The van der Waals surface area contributed by atoms with Crippen molar-refractivity contribution in [3.63, 3.8) is 0 Å². The first kappa shape index (κ1) is 14.4. The molecule has 0 aliphatic heterocycles. The lowest BCUT2D eigenvalue weighted by Crippen LogP contribution is -2.05. The topological polar surface area (TPSA) is 38.1 Å². The Morgan fingerprint density at radius 3 is 2.14 bits per heavy atom. The van der Waals surface area contributed by atoms with Gasteiger partial charge < -0.3 is 5.11 Å². The van der Waals surface area contributed by atoms with Gasteiger partial charge in [0, 0.05) is 5.56 Å². The summed E-state index contributed by atoms with van der Waals surface area (Å²) in [4.78, 5) is 0. The highest BCUT2D eigenvalue weighted by atomic mass is 16.3. The molecule has 0 aliphatic carbocycles. The summed E-state index contributed by atoms with van der Waals surface area (Å²) in [5.41, 5.74) is 3.40. The van der Waals surface area contributed by atoms with E-state index < -0.39 is 0 Å². The zero-order chi connectivity index (χ0) is 15.5. The molecule has 0 radical (unpaired) electrons. The van der Waals surface area contributed by atoms with Crippen molar-refractivity contribution >= 4 is 0 Å². The highest BCUT2D eigenvalue weighted by Crippen LogP contribution is 2.34. The fourth-order valence-corrected chi connectivity index (χ4v) is 2.59. The molecule has 112 valence electrons. The summed E-state index contributed by atoms with van der Waals surface area (Å²) in [6.45, 7) is 4.29. The van der Waals surface area contributed by atoms with Gasteiger partial charge in [-0.15, -0.1) is 0 Å². The van der Waals surface area contributed by atoms with Crippen LogP contribution in [0.5, 0.6) is 5.75 Å². The lowest BCUT2D eigenvalue weighted by molar-refractivity contribution is 0.461. The first-order chi connectivity index (χ1) is 10.7. The Hall–Kier alpha value is -2.55. The Kier molecular flexibility index (Phi) is 3.96. The molecule has 0 saturated carbocycles. The van der Waals surface area contributed by atoms with Crippen molar-refractivity contribution in [2.45, 2.75) is 20.3 Å². The van der Waals surface area contributed by atoms with Crippen LogP contribution in [-0.2, 0) is 6.42 Å². The molecule has 0 amide bonds. The molecular weight excluding hydrogens is 272 g/mol. The summed E-state index contributed by atoms with van der Waals surface area (Å²) in [5, 5.41) is 15.4. The molecule has 2 aromatic carbocycles. The number of benzene rings is 2. The minimum Gasteiger partial charge on any atom is -0.504 e. The van der Waals surface area contributed by atoms with Crippen molar-refractivity contribution in [3.8, 4) is 22.7 Å². The maximum atomic E-state index is 10.7. The highest BCUT2D eigenvalue weighted by molar-refractivity contribution is 5.68. The smallest absolute Gasteiger partial charge is 0.165 e. The van der Waals surface area contributed by atoms with Gasteiger partial charge >= 0.3 is 0 Å². The molecule has 0 aliphatic rings. The van der Waals surface area contributed by atoms with E-state index in [9.17, 15) is 5.11 Å². The molecule has 0 unspecified atom stereocenters. The summed E-state index contributed by atoms with van der Waals surface area (Å²) in [6, 6.07) is 19.8. The lowest BCUT2D eigenvalue weighted by Gasteiger charge is -2.09. The van der Waals surface area contributed by atoms with Crippen LogP contribution in [0.2, 0.25) is 0 Å². The van der Waals surface area contributed by atoms with E-state index in [4.69, 9.17) is 0 Å². The molecular formula is C19H20N2O. The van der Waals surface area contributed by atoms with E-state index in [1.807, 2.05) is 65.3 Å². The van der Waals surface area contributed by atoms with Gasteiger partial charge in [-0.1, -0.05) is 62.4 Å². The third-order valence-corrected chi connectivity index (χ3v) is 3.60. The molecule has 3 rings (SSSR count). The quantitative estimate of drug-likeness (QED) is 0.771. The number of aromatic nitrogens is 2. The van der Waals surface area contributed by atoms with Crippen molar-refractivity contribution in [1.29, 1.82) is 0 Å². The van der Waals surface area contributed by atoms with Crippen molar-refractivity contribution in [3.05, 3.63) is 66.4 Å². The van der Waals surface area contributed by atoms with Crippen LogP contribution in [0.1, 0.15) is 19.5 Å². The molecule has 1 N–H and O–H groups in total. The average molecular weight is 292 g/mol. The van der Waals surface area contributed by atoms with Crippen LogP contribution in [-0.4, -0.2) is 14.9 Å². The van der Waals surface area contributed by atoms with Gasteiger partial charge in [-0.2, -0.15) is 5.10 Å². The van der Waals surface area contributed by atoms with Gasteiger partial charge in [-0.3, -0.25) is 0 Å². The first-order valence-electron chi connectivity index (χ1n) is 7.58. The molecule has 3 heteroatoms. The van der Waals surface area contributed by atoms with Crippen LogP contribution in [0.25, 0.3) is 16.9 Å². The van der Waals surface area contributed by atoms with E-state index >= 15 is 0 Å². The van der Waals surface area contributed by atoms with Crippen LogP contribution < -0.4 is 0 Å². The van der Waals surface area contributed by atoms with Gasteiger partial charge in [0.05, 0.1) is 11.4 Å². The van der Waals surface area contributed by atoms with Gasteiger partial charge in [0.1, 0.15) is 5.69 Å². The minimum absolute atomic E-state index is 0.281. The second-order valence-electron chi connectivity index (χ2n) is 5.86. The van der Waals surface area contributed by atoms with Gasteiger partial charge in [0.2, 0.25) is 0 Å². The normalized spacial score (nSPS) is 11.0. The largest absolute Gasteiger partial charge is 0.504 e. The SMILES string of the molecule is CC(C)Cc1c(O)c(-c2ccccc2)nn1-c1ccccc1. The zero-order valence-corrected chi connectivity index (χ0v) is 12.9. The Bertz CT molecular complexity index is 746. The van der Waals surface area contributed by atoms with Crippen molar-refractivity contribution in [2.24, 2.45) is 5.92 Å². The number of hydrogen-bond donors (Lipinski definition) is 1. The Morgan fingerprint density at radius 2 is 1.55 bits per heavy atom. The predicted molar refractivity (Wildman–Crippen MR) is 89.2 cm³/mol. The fraction of sp³-hybridized carbons (Fsp3) is 0.211. The van der Waals surface area contributed by atoms with E-state index in [2.05, 4.69) is 18.9 Å². The van der Waals surface area contributed by atoms with Gasteiger partial charge in [-0.05, 0) is 24.5 Å². The maximum Gasteiger partial charge on any atom is 0.165 e. The second-order valence-corrected chi connectivity index (χ2v) is 5.86. The van der Waals surface area contributed by atoms with Gasteiger partial charge in [-0.25, -0.2) is 4.68 Å². The third-order valence-electron chi connectivity index (χ3n) is 3.60.